The normalized spacial score (nSPS) is 18.7. The van der Waals surface area contributed by atoms with E-state index in [1.165, 1.54) is 0 Å². The molecule has 1 aliphatic carbocycles. The number of nitrogens with one attached hydrogen (secondary N) is 1. The van der Waals surface area contributed by atoms with E-state index in [1.54, 1.807) is 19.2 Å². The van der Waals surface area contributed by atoms with Crippen LogP contribution in [0.25, 0.3) is 0 Å². The van der Waals surface area contributed by atoms with Crippen LogP contribution in [0.4, 0.5) is 0 Å². The molecule has 0 amide bonds. The first-order chi connectivity index (χ1) is 8.02. The zero-order valence-corrected chi connectivity index (χ0v) is 10.1. The molecule has 1 saturated carbocycles. The van der Waals surface area contributed by atoms with Crippen LogP contribution in [0, 0.1) is 12.8 Å². The van der Waals surface area contributed by atoms with Gasteiger partial charge in [-0.3, -0.25) is 10.1 Å². The van der Waals surface area contributed by atoms with Crippen LogP contribution in [0.15, 0.2) is 12.3 Å². The van der Waals surface area contributed by atoms with Gasteiger partial charge in [-0.05, 0) is 38.7 Å². The average molecular weight is 235 g/mol. The highest BCUT2D eigenvalue weighted by Gasteiger charge is 2.47. The number of carbonyl (C=O) groups is 1. The summed E-state index contributed by atoms with van der Waals surface area (Å²) in [5.41, 5.74) is -0.00982. The van der Waals surface area contributed by atoms with Gasteiger partial charge >= 0.3 is 5.97 Å². The van der Waals surface area contributed by atoms with E-state index in [0.717, 1.165) is 18.5 Å². The van der Waals surface area contributed by atoms with E-state index in [-0.39, 0.29) is 5.92 Å². The Hall–Kier alpha value is -1.49. The molecule has 92 valence electrons. The Labute approximate surface area is 100 Å². The molecule has 1 heterocycles. The number of carboxylic acids is 1. The molecule has 0 spiro atoms. The predicted molar refractivity (Wildman–Crippen MR) is 62.4 cm³/mol. The van der Waals surface area contributed by atoms with Crippen molar-refractivity contribution in [1.82, 2.24) is 15.3 Å². The van der Waals surface area contributed by atoms with Gasteiger partial charge < -0.3 is 5.11 Å². The summed E-state index contributed by atoms with van der Waals surface area (Å²) in [4.78, 5) is 19.6. The molecule has 17 heavy (non-hydrogen) atoms. The van der Waals surface area contributed by atoms with Crippen LogP contribution in [0.3, 0.4) is 0 Å². The van der Waals surface area contributed by atoms with Crippen LogP contribution in [-0.4, -0.2) is 26.6 Å². The van der Waals surface area contributed by atoms with E-state index in [2.05, 4.69) is 15.3 Å². The lowest BCUT2D eigenvalue weighted by Gasteiger charge is -2.26. The smallest absolute Gasteiger partial charge is 0.323 e. The number of rotatable bonds is 5. The monoisotopic (exact) mass is 235 g/mol. The van der Waals surface area contributed by atoms with Gasteiger partial charge in [-0.25, -0.2) is 9.97 Å². The molecule has 1 aromatic rings. The standard InChI is InChI=1S/C12H17N3O2/c1-8-13-6-5-10(15-8)7-14-12(2,11(16)17)9-3-4-9/h5-6,9,14H,3-4,7H2,1-2H3,(H,16,17). The minimum absolute atomic E-state index is 0.239. The lowest BCUT2D eigenvalue weighted by Crippen LogP contribution is -2.51. The molecule has 5 heteroatoms. The van der Waals surface area contributed by atoms with Crippen molar-refractivity contribution in [2.75, 3.05) is 0 Å². The minimum atomic E-state index is -0.834. The quantitative estimate of drug-likeness (QED) is 0.800. The lowest BCUT2D eigenvalue weighted by molar-refractivity contribution is -0.145. The largest absolute Gasteiger partial charge is 0.480 e. The van der Waals surface area contributed by atoms with Crippen LogP contribution in [0.2, 0.25) is 0 Å². The van der Waals surface area contributed by atoms with Crippen molar-refractivity contribution in [3.05, 3.63) is 23.8 Å². The Kier molecular flexibility index (Phi) is 3.11. The second-order valence-electron chi connectivity index (χ2n) is 4.73. The highest BCUT2D eigenvalue weighted by Crippen LogP contribution is 2.39. The van der Waals surface area contributed by atoms with Crippen LogP contribution in [0.1, 0.15) is 31.3 Å². The predicted octanol–water partition coefficient (Wildman–Crippen LogP) is 1.13. The zero-order valence-electron chi connectivity index (χ0n) is 10.1. The Morgan fingerprint density at radius 1 is 1.65 bits per heavy atom. The molecule has 1 aromatic heterocycles. The molecule has 0 aromatic carbocycles. The number of hydrogen-bond acceptors (Lipinski definition) is 4. The fourth-order valence-corrected chi connectivity index (χ4v) is 1.93. The van der Waals surface area contributed by atoms with E-state index in [9.17, 15) is 9.90 Å². The molecule has 2 rings (SSSR count). The summed E-state index contributed by atoms with van der Waals surface area (Å²) in [5.74, 6) is 0.154. The molecule has 2 N–H and O–H groups in total. The molecular formula is C12H17N3O2. The van der Waals surface area contributed by atoms with Crippen molar-refractivity contribution in [1.29, 1.82) is 0 Å². The Balaban J connectivity index is 2.03. The highest BCUT2D eigenvalue weighted by molar-refractivity contribution is 5.79. The molecule has 1 unspecified atom stereocenters. The van der Waals surface area contributed by atoms with Crippen LogP contribution >= 0.6 is 0 Å². The van der Waals surface area contributed by atoms with Gasteiger partial charge in [0.2, 0.25) is 0 Å². The summed E-state index contributed by atoms with van der Waals surface area (Å²) in [6.45, 7) is 4.03. The summed E-state index contributed by atoms with van der Waals surface area (Å²) >= 11 is 0. The maximum atomic E-state index is 11.3. The molecule has 0 bridgehead atoms. The van der Waals surface area contributed by atoms with Gasteiger partial charge in [-0.1, -0.05) is 0 Å². The van der Waals surface area contributed by atoms with Gasteiger partial charge in [0.1, 0.15) is 11.4 Å². The number of aromatic nitrogens is 2. The highest BCUT2D eigenvalue weighted by atomic mass is 16.4. The summed E-state index contributed by atoms with van der Waals surface area (Å²) in [7, 11) is 0. The number of carboxylic acid groups (broad SMARTS) is 1. The maximum absolute atomic E-state index is 11.3. The fourth-order valence-electron chi connectivity index (χ4n) is 1.93. The molecule has 1 aliphatic rings. The van der Waals surface area contributed by atoms with Crippen molar-refractivity contribution in [3.63, 3.8) is 0 Å². The van der Waals surface area contributed by atoms with Crippen molar-refractivity contribution in [2.45, 2.75) is 38.8 Å². The van der Waals surface area contributed by atoms with Gasteiger partial charge in [0, 0.05) is 12.7 Å². The first-order valence-electron chi connectivity index (χ1n) is 5.79. The molecule has 1 fully saturated rings. The van der Waals surface area contributed by atoms with E-state index >= 15 is 0 Å². The average Bonchev–Trinajstić information content (AvgIpc) is 3.09. The van der Waals surface area contributed by atoms with Crippen LogP contribution in [-0.2, 0) is 11.3 Å². The van der Waals surface area contributed by atoms with E-state index in [1.807, 2.05) is 6.92 Å². The van der Waals surface area contributed by atoms with Crippen LogP contribution < -0.4 is 5.32 Å². The van der Waals surface area contributed by atoms with Crippen molar-refractivity contribution < 1.29 is 9.90 Å². The third kappa shape index (κ3) is 2.61. The minimum Gasteiger partial charge on any atom is -0.480 e. The van der Waals surface area contributed by atoms with Gasteiger partial charge in [-0.15, -0.1) is 0 Å². The Bertz CT molecular complexity index is 432. The zero-order chi connectivity index (χ0) is 12.5. The van der Waals surface area contributed by atoms with E-state index < -0.39 is 11.5 Å². The SMILES string of the molecule is Cc1nccc(CNC(C)(C(=O)O)C2CC2)n1. The third-order valence-corrected chi connectivity index (χ3v) is 3.31. The topological polar surface area (TPSA) is 75.1 Å². The van der Waals surface area contributed by atoms with Crippen molar-refractivity contribution >= 4 is 5.97 Å². The van der Waals surface area contributed by atoms with Gasteiger partial charge in [0.25, 0.3) is 0 Å². The molecule has 0 saturated heterocycles. The molecule has 0 radical (unpaired) electrons. The fraction of sp³-hybridized carbons (Fsp3) is 0.583. The lowest BCUT2D eigenvalue weighted by atomic mass is 9.96. The number of aliphatic carboxylic acids is 1. The van der Waals surface area contributed by atoms with Gasteiger partial charge in [0.05, 0.1) is 5.69 Å². The third-order valence-electron chi connectivity index (χ3n) is 3.31. The van der Waals surface area contributed by atoms with Crippen molar-refractivity contribution in [3.8, 4) is 0 Å². The van der Waals surface area contributed by atoms with E-state index in [0.29, 0.717) is 12.4 Å². The number of aryl methyl sites for hydroxylation is 1. The maximum Gasteiger partial charge on any atom is 0.323 e. The first-order valence-corrected chi connectivity index (χ1v) is 5.79. The van der Waals surface area contributed by atoms with Crippen molar-refractivity contribution in [2.24, 2.45) is 5.92 Å². The Morgan fingerprint density at radius 3 is 2.88 bits per heavy atom. The van der Waals surface area contributed by atoms with Crippen LogP contribution in [0.5, 0.6) is 0 Å². The number of nitrogens with zero attached hydrogens (tertiary/aromatic N) is 2. The molecule has 5 nitrogen and oxygen atoms in total. The molecule has 1 atom stereocenters. The van der Waals surface area contributed by atoms with Gasteiger partial charge in [-0.2, -0.15) is 0 Å². The second-order valence-corrected chi connectivity index (χ2v) is 4.73. The summed E-state index contributed by atoms with van der Waals surface area (Å²) in [6.07, 6.45) is 3.66. The summed E-state index contributed by atoms with van der Waals surface area (Å²) < 4.78 is 0. The first kappa shape index (κ1) is 12.0. The number of hydrogen-bond donors (Lipinski definition) is 2. The second kappa shape index (κ2) is 4.41. The Morgan fingerprint density at radius 2 is 2.35 bits per heavy atom. The summed E-state index contributed by atoms with van der Waals surface area (Å²) in [5, 5.41) is 12.4. The summed E-state index contributed by atoms with van der Waals surface area (Å²) in [6, 6.07) is 1.80. The van der Waals surface area contributed by atoms with E-state index in [4.69, 9.17) is 0 Å². The van der Waals surface area contributed by atoms with Gasteiger partial charge in [0.15, 0.2) is 0 Å². The molecule has 0 aliphatic heterocycles. The molecular weight excluding hydrogens is 218 g/mol.